The van der Waals surface area contributed by atoms with Gasteiger partial charge < -0.3 is 18.8 Å². The van der Waals surface area contributed by atoms with Gasteiger partial charge in [-0.2, -0.15) is 0 Å². The quantitative estimate of drug-likeness (QED) is 0.599. The van der Waals surface area contributed by atoms with E-state index < -0.39 is 0 Å². The SMILES string of the molecule is CCn1c2c(c3cc(C(=O)N(C)Cc4nncn4CCOC)ccc31)CCCC2=O. The molecule has 1 aliphatic rings. The van der Waals surface area contributed by atoms with Gasteiger partial charge in [0.15, 0.2) is 11.6 Å². The number of Topliss-reactive ketones (excluding diaryl/α,β-unsaturated/α-hetero) is 1. The summed E-state index contributed by atoms with van der Waals surface area (Å²) >= 11 is 0. The van der Waals surface area contributed by atoms with Crippen molar-refractivity contribution in [2.45, 2.75) is 45.8 Å². The Morgan fingerprint density at radius 2 is 2.13 bits per heavy atom. The van der Waals surface area contributed by atoms with Crippen LogP contribution in [0.15, 0.2) is 24.5 Å². The third kappa shape index (κ3) is 3.52. The van der Waals surface area contributed by atoms with Gasteiger partial charge in [0.05, 0.1) is 18.8 Å². The maximum absolute atomic E-state index is 13.1. The molecule has 2 heterocycles. The number of amides is 1. The van der Waals surface area contributed by atoms with Crippen LogP contribution in [0.1, 0.15) is 52.0 Å². The first-order valence-electron chi connectivity index (χ1n) is 10.3. The smallest absolute Gasteiger partial charge is 0.254 e. The van der Waals surface area contributed by atoms with Crippen molar-refractivity contribution in [2.24, 2.45) is 0 Å². The Balaban J connectivity index is 1.62. The molecule has 1 aliphatic carbocycles. The number of carbonyl (C=O) groups excluding carboxylic acids is 2. The Labute approximate surface area is 175 Å². The molecule has 0 radical (unpaired) electrons. The summed E-state index contributed by atoms with van der Waals surface area (Å²) in [6, 6.07) is 5.75. The average molecular weight is 409 g/mol. The number of rotatable bonds is 7. The summed E-state index contributed by atoms with van der Waals surface area (Å²) in [7, 11) is 3.41. The van der Waals surface area contributed by atoms with Gasteiger partial charge in [0, 0.05) is 50.1 Å². The highest BCUT2D eigenvalue weighted by Gasteiger charge is 2.26. The van der Waals surface area contributed by atoms with E-state index in [0.717, 1.165) is 41.5 Å². The zero-order valence-electron chi connectivity index (χ0n) is 17.7. The summed E-state index contributed by atoms with van der Waals surface area (Å²) in [6.07, 6.45) is 3.99. The fraction of sp³-hybridized carbons (Fsp3) is 0.455. The molecular weight excluding hydrogens is 382 g/mol. The average Bonchev–Trinajstić information content (AvgIpc) is 3.33. The van der Waals surface area contributed by atoms with Crippen LogP contribution in [0, 0.1) is 0 Å². The number of aryl methyl sites for hydroxylation is 2. The predicted molar refractivity (Wildman–Crippen MR) is 113 cm³/mol. The third-order valence-electron chi connectivity index (χ3n) is 5.78. The molecule has 0 atom stereocenters. The molecule has 158 valence electrons. The van der Waals surface area contributed by atoms with Crippen molar-refractivity contribution in [3.05, 3.63) is 47.2 Å². The number of ether oxygens (including phenoxy) is 1. The Morgan fingerprint density at radius 3 is 2.90 bits per heavy atom. The molecule has 2 aromatic heterocycles. The van der Waals surface area contributed by atoms with Crippen LogP contribution in [0.3, 0.4) is 0 Å². The Morgan fingerprint density at radius 1 is 1.30 bits per heavy atom. The van der Waals surface area contributed by atoms with E-state index in [1.54, 1.807) is 25.4 Å². The molecule has 4 rings (SSSR count). The summed E-state index contributed by atoms with van der Waals surface area (Å²) in [5.41, 5.74) is 3.54. The van der Waals surface area contributed by atoms with E-state index in [2.05, 4.69) is 14.8 Å². The van der Waals surface area contributed by atoms with Crippen LogP contribution in [0.5, 0.6) is 0 Å². The lowest BCUT2D eigenvalue weighted by molar-refractivity contribution is 0.0779. The molecule has 0 unspecified atom stereocenters. The number of hydrogen-bond donors (Lipinski definition) is 0. The highest BCUT2D eigenvalue weighted by molar-refractivity contribution is 6.06. The molecule has 3 aromatic rings. The summed E-state index contributed by atoms with van der Waals surface area (Å²) in [5, 5.41) is 9.11. The minimum Gasteiger partial charge on any atom is -0.383 e. The van der Waals surface area contributed by atoms with E-state index in [4.69, 9.17) is 4.74 Å². The van der Waals surface area contributed by atoms with Crippen molar-refractivity contribution < 1.29 is 14.3 Å². The van der Waals surface area contributed by atoms with Crippen LogP contribution in [-0.4, -0.2) is 56.7 Å². The van der Waals surface area contributed by atoms with Gasteiger partial charge in [0.2, 0.25) is 0 Å². The van der Waals surface area contributed by atoms with Gasteiger partial charge in [-0.1, -0.05) is 0 Å². The van der Waals surface area contributed by atoms with Gasteiger partial charge in [-0.05, 0) is 43.5 Å². The Kier molecular flexibility index (Phi) is 5.67. The Bertz CT molecular complexity index is 1100. The van der Waals surface area contributed by atoms with Gasteiger partial charge in [-0.15, -0.1) is 10.2 Å². The molecule has 0 saturated heterocycles. The number of hydrogen-bond acceptors (Lipinski definition) is 5. The second-order valence-electron chi connectivity index (χ2n) is 7.67. The number of methoxy groups -OCH3 is 1. The lowest BCUT2D eigenvalue weighted by Gasteiger charge is -2.17. The van der Waals surface area contributed by atoms with Crippen molar-refractivity contribution in [1.29, 1.82) is 0 Å². The van der Waals surface area contributed by atoms with Crippen molar-refractivity contribution >= 4 is 22.6 Å². The fourth-order valence-electron chi connectivity index (χ4n) is 4.28. The third-order valence-corrected chi connectivity index (χ3v) is 5.78. The van der Waals surface area contributed by atoms with Gasteiger partial charge in [-0.25, -0.2) is 0 Å². The van der Waals surface area contributed by atoms with Crippen molar-refractivity contribution in [2.75, 3.05) is 20.8 Å². The van der Waals surface area contributed by atoms with Gasteiger partial charge in [-0.3, -0.25) is 9.59 Å². The van der Waals surface area contributed by atoms with Crippen LogP contribution in [0.25, 0.3) is 10.9 Å². The van der Waals surface area contributed by atoms with Gasteiger partial charge in [0.25, 0.3) is 5.91 Å². The minimum atomic E-state index is -0.0849. The monoisotopic (exact) mass is 409 g/mol. The standard InChI is InChI=1S/C22H27N5O3/c1-4-27-18-9-8-15(12-17(18)16-6-5-7-19(28)21(16)27)22(29)25(2)13-20-24-23-14-26(20)10-11-30-3/h8-9,12,14H,4-7,10-11,13H2,1-3H3. The highest BCUT2D eigenvalue weighted by Crippen LogP contribution is 2.33. The molecule has 0 spiro atoms. The number of ketones is 1. The molecule has 0 aliphatic heterocycles. The van der Waals surface area contributed by atoms with E-state index >= 15 is 0 Å². The zero-order valence-corrected chi connectivity index (χ0v) is 17.7. The topological polar surface area (TPSA) is 82.2 Å². The first-order chi connectivity index (χ1) is 14.5. The van der Waals surface area contributed by atoms with Crippen LogP contribution in [-0.2, 0) is 30.8 Å². The van der Waals surface area contributed by atoms with Crippen LogP contribution in [0.2, 0.25) is 0 Å². The number of nitrogens with zero attached hydrogens (tertiary/aromatic N) is 5. The maximum atomic E-state index is 13.1. The number of aromatic nitrogens is 4. The largest absolute Gasteiger partial charge is 0.383 e. The Hall–Kier alpha value is -3.00. The van der Waals surface area contributed by atoms with Crippen molar-refractivity contribution in [3.8, 4) is 0 Å². The molecule has 30 heavy (non-hydrogen) atoms. The number of fused-ring (bicyclic) bond motifs is 3. The molecule has 1 aromatic carbocycles. The molecule has 0 fully saturated rings. The second-order valence-corrected chi connectivity index (χ2v) is 7.67. The lowest BCUT2D eigenvalue weighted by atomic mass is 9.94. The van der Waals surface area contributed by atoms with Crippen LogP contribution < -0.4 is 0 Å². The van der Waals surface area contributed by atoms with Crippen LogP contribution in [0.4, 0.5) is 0 Å². The summed E-state index contributed by atoms with van der Waals surface area (Å²) in [6.45, 7) is 4.33. The highest BCUT2D eigenvalue weighted by atomic mass is 16.5. The first-order valence-corrected chi connectivity index (χ1v) is 10.3. The number of benzene rings is 1. The summed E-state index contributed by atoms with van der Waals surface area (Å²) < 4.78 is 9.09. The normalized spacial score (nSPS) is 13.6. The molecule has 0 N–H and O–H groups in total. The predicted octanol–water partition coefficient (Wildman–Crippen LogP) is 2.69. The number of carbonyl (C=O) groups is 2. The summed E-state index contributed by atoms with van der Waals surface area (Å²) in [4.78, 5) is 27.3. The van der Waals surface area contributed by atoms with Gasteiger partial charge in [0.1, 0.15) is 6.33 Å². The lowest BCUT2D eigenvalue weighted by Crippen LogP contribution is -2.28. The fourth-order valence-corrected chi connectivity index (χ4v) is 4.28. The first kappa shape index (κ1) is 20.3. The van der Waals surface area contributed by atoms with E-state index in [-0.39, 0.29) is 11.7 Å². The molecule has 8 nitrogen and oxygen atoms in total. The molecule has 0 bridgehead atoms. The minimum absolute atomic E-state index is 0.0849. The molecular formula is C22H27N5O3. The molecule has 8 heteroatoms. The summed E-state index contributed by atoms with van der Waals surface area (Å²) in [5.74, 6) is 0.831. The van der Waals surface area contributed by atoms with E-state index in [1.165, 1.54) is 0 Å². The second kappa shape index (κ2) is 8.39. The molecule has 0 saturated carbocycles. The van der Waals surface area contributed by atoms with Crippen molar-refractivity contribution in [3.63, 3.8) is 0 Å². The molecule has 1 amide bonds. The van der Waals surface area contributed by atoms with E-state index in [1.807, 2.05) is 29.7 Å². The van der Waals surface area contributed by atoms with Crippen molar-refractivity contribution in [1.82, 2.24) is 24.2 Å². The maximum Gasteiger partial charge on any atom is 0.254 e. The zero-order chi connectivity index (χ0) is 21.3. The van der Waals surface area contributed by atoms with Crippen LogP contribution >= 0.6 is 0 Å². The van der Waals surface area contributed by atoms with E-state index in [0.29, 0.717) is 37.5 Å². The van der Waals surface area contributed by atoms with E-state index in [9.17, 15) is 9.59 Å². The van der Waals surface area contributed by atoms with Gasteiger partial charge >= 0.3 is 0 Å².